The Morgan fingerprint density at radius 1 is 1.30 bits per heavy atom. The van der Waals surface area contributed by atoms with Gasteiger partial charge in [-0.3, -0.25) is 0 Å². The van der Waals surface area contributed by atoms with Gasteiger partial charge in [-0.15, -0.1) is 10.2 Å². The second-order valence-electron chi connectivity index (χ2n) is 5.53. The van der Waals surface area contributed by atoms with Gasteiger partial charge in [0.2, 0.25) is 5.13 Å². The van der Waals surface area contributed by atoms with Crippen LogP contribution in [0.15, 0.2) is 24.3 Å². The topological polar surface area (TPSA) is 38.2 Å². The van der Waals surface area contributed by atoms with Gasteiger partial charge in [-0.05, 0) is 30.9 Å². The summed E-state index contributed by atoms with van der Waals surface area (Å²) in [6.07, 6.45) is 2.18. The minimum absolute atomic E-state index is 0.144. The lowest BCUT2D eigenvalue weighted by Gasteiger charge is -2.40. The lowest BCUT2D eigenvalue weighted by Crippen LogP contribution is -2.49. The van der Waals surface area contributed by atoms with Crippen molar-refractivity contribution in [2.75, 3.05) is 24.6 Å². The first kappa shape index (κ1) is 12.3. The van der Waals surface area contributed by atoms with Gasteiger partial charge in [0.15, 0.2) is 0 Å². The van der Waals surface area contributed by atoms with Crippen molar-refractivity contribution < 1.29 is 4.74 Å². The van der Waals surface area contributed by atoms with Crippen LogP contribution in [0.2, 0.25) is 0 Å². The number of aromatic nitrogens is 2. The van der Waals surface area contributed by atoms with E-state index < -0.39 is 0 Å². The minimum Gasteiger partial charge on any atom is -0.367 e. The number of morpholine rings is 1. The fourth-order valence-electron chi connectivity index (χ4n) is 3.33. The Kier molecular flexibility index (Phi) is 2.79. The van der Waals surface area contributed by atoms with Crippen LogP contribution >= 0.6 is 11.3 Å². The van der Waals surface area contributed by atoms with E-state index in [2.05, 4.69) is 39.4 Å². The van der Waals surface area contributed by atoms with Gasteiger partial charge in [-0.1, -0.05) is 35.6 Å². The Hall–Kier alpha value is -1.46. The molecule has 2 aromatic rings. The number of hydrogen-bond acceptors (Lipinski definition) is 5. The predicted molar refractivity (Wildman–Crippen MR) is 79.3 cm³/mol. The van der Waals surface area contributed by atoms with Crippen molar-refractivity contribution in [2.45, 2.75) is 25.4 Å². The molecule has 2 aliphatic rings. The first-order chi connectivity index (χ1) is 9.77. The summed E-state index contributed by atoms with van der Waals surface area (Å²) >= 11 is 1.67. The van der Waals surface area contributed by atoms with E-state index >= 15 is 0 Å². The molecule has 0 radical (unpaired) electrons. The van der Waals surface area contributed by atoms with E-state index in [0.29, 0.717) is 0 Å². The van der Waals surface area contributed by atoms with E-state index in [1.165, 1.54) is 11.1 Å². The first-order valence-electron chi connectivity index (χ1n) is 7.04. The van der Waals surface area contributed by atoms with Crippen molar-refractivity contribution in [2.24, 2.45) is 0 Å². The molecule has 1 unspecified atom stereocenters. The molecule has 1 spiro atoms. The van der Waals surface area contributed by atoms with Gasteiger partial charge in [0.1, 0.15) is 10.6 Å². The number of nitrogens with zero attached hydrogens (tertiary/aromatic N) is 3. The molecule has 1 aromatic carbocycles. The van der Waals surface area contributed by atoms with Crippen LogP contribution in [-0.2, 0) is 16.8 Å². The molecule has 0 N–H and O–H groups in total. The highest BCUT2D eigenvalue weighted by atomic mass is 32.1. The molecule has 5 heteroatoms. The van der Waals surface area contributed by atoms with Crippen LogP contribution in [-0.4, -0.2) is 29.9 Å². The van der Waals surface area contributed by atoms with Crippen molar-refractivity contribution in [3.05, 3.63) is 40.4 Å². The molecule has 1 aliphatic carbocycles. The first-order valence-corrected chi connectivity index (χ1v) is 7.86. The summed E-state index contributed by atoms with van der Waals surface area (Å²) in [5.41, 5.74) is 2.66. The highest BCUT2D eigenvalue weighted by molar-refractivity contribution is 7.15. The summed E-state index contributed by atoms with van der Waals surface area (Å²) in [5, 5.41) is 10.5. The monoisotopic (exact) mass is 287 g/mol. The summed E-state index contributed by atoms with van der Waals surface area (Å²) in [5.74, 6) is 0. The second-order valence-corrected chi connectivity index (χ2v) is 6.69. The molecular formula is C15H17N3OS. The van der Waals surface area contributed by atoms with Gasteiger partial charge in [0.25, 0.3) is 0 Å². The third-order valence-electron chi connectivity index (χ3n) is 4.28. The standard InChI is InChI=1S/C15H17N3OS/c1-11-16-17-14(20-11)18-8-9-19-15(10-18)7-6-12-4-2-3-5-13(12)15/h2-5H,6-10H2,1H3. The molecule has 20 heavy (non-hydrogen) atoms. The third kappa shape index (κ3) is 1.84. The van der Waals surface area contributed by atoms with Gasteiger partial charge < -0.3 is 9.64 Å². The van der Waals surface area contributed by atoms with E-state index in [4.69, 9.17) is 4.74 Å². The molecule has 1 atom stereocenters. The summed E-state index contributed by atoms with van der Waals surface area (Å²) < 4.78 is 6.23. The lowest BCUT2D eigenvalue weighted by molar-refractivity contribution is -0.0592. The minimum atomic E-state index is -0.144. The van der Waals surface area contributed by atoms with Crippen LogP contribution in [0.3, 0.4) is 0 Å². The summed E-state index contributed by atoms with van der Waals surface area (Å²) in [4.78, 5) is 2.33. The number of hydrogen-bond donors (Lipinski definition) is 0. The molecule has 104 valence electrons. The van der Waals surface area contributed by atoms with Gasteiger partial charge in [0, 0.05) is 6.54 Å². The quantitative estimate of drug-likeness (QED) is 0.808. The molecular weight excluding hydrogens is 270 g/mol. The van der Waals surface area contributed by atoms with Gasteiger partial charge in [0.05, 0.1) is 13.2 Å². The summed E-state index contributed by atoms with van der Waals surface area (Å²) in [6, 6.07) is 8.68. The average molecular weight is 287 g/mol. The molecule has 1 aromatic heterocycles. The number of ether oxygens (including phenoxy) is 1. The Morgan fingerprint density at radius 3 is 3.05 bits per heavy atom. The van der Waals surface area contributed by atoms with Crippen molar-refractivity contribution in [1.82, 2.24) is 10.2 Å². The normalized spacial score (nSPS) is 25.1. The zero-order chi connectivity index (χ0) is 13.6. The van der Waals surface area contributed by atoms with Crippen LogP contribution in [0.4, 0.5) is 5.13 Å². The van der Waals surface area contributed by atoms with E-state index in [0.717, 1.165) is 42.7 Å². The highest BCUT2D eigenvalue weighted by Gasteiger charge is 2.43. The maximum Gasteiger partial charge on any atom is 0.208 e. The molecule has 1 fully saturated rings. The van der Waals surface area contributed by atoms with Gasteiger partial charge >= 0.3 is 0 Å². The molecule has 2 heterocycles. The number of fused-ring (bicyclic) bond motifs is 2. The molecule has 4 rings (SSSR count). The van der Waals surface area contributed by atoms with E-state index in [1.807, 2.05) is 6.92 Å². The van der Waals surface area contributed by atoms with Crippen molar-refractivity contribution in [3.63, 3.8) is 0 Å². The zero-order valence-corrected chi connectivity index (χ0v) is 12.3. The maximum absolute atomic E-state index is 6.23. The smallest absolute Gasteiger partial charge is 0.208 e. The van der Waals surface area contributed by atoms with E-state index in [-0.39, 0.29) is 5.60 Å². The second kappa shape index (κ2) is 4.53. The SMILES string of the molecule is Cc1nnc(N2CCOC3(CCc4ccccc43)C2)s1. The van der Waals surface area contributed by atoms with E-state index in [9.17, 15) is 0 Å². The molecule has 1 saturated heterocycles. The van der Waals surface area contributed by atoms with Crippen molar-refractivity contribution >= 4 is 16.5 Å². The van der Waals surface area contributed by atoms with Crippen LogP contribution < -0.4 is 4.90 Å². The predicted octanol–water partition coefficient (Wildman–Crippen LogP) is 2.52. The Morgan fingerprint density at radius 2 is 2.20 bits per heavy atom. The van der Waals surface area contributed by atoms with Crippen LogP contribution in [0, 0.1) is 6.92 Å². The number of benzene rings is 1. The molecule has 1 aliphatic heterocycles. The Balaban J connectivity index is 1.67. The lowest BCUT2D eigenvalue weighted by atomic mass is 9.94. The van der Waals surface area contributed by atoms with Crippen LogP contribution in [0.25, 0.3) is 0 Å². The number of rotatable bonds is 1. The number of aryl methyl sites for hydroxylation is 2. The van der Waals surface area contributed by atoms with Crippen LogP contribution in [0.5, 0.6) is 0 Å². The summed E-state index contributed by atoms with van der Waals surface area (Å²) in [6.45, 7) is 4.55. The fourth-order valence-corrected chi connectivity index (χ4v) is 4.04. The molecule has 4 nitrogen and oxygen atoms in total. The maximum atomic E-state index is 6.23. The Labute approximate surface area is 122 Å². The third-order valence-corrected chi connectivity index (χ3v) is 5.18. The van der Waals surface area contributed by atoms with Gasteiger partial charge in [-0.2, -0.15) is 0 Å². The summed E-state index contributed by atoms with van der Waals surface area (Å²) in [7, 11) is 0. The van der Waals surface area contributed by atoms with Crippen LogP contribution in [0.1, 0.15) is 22.6 Å². The van der Waals surface area contributed by atoms with Crippen molar-refractivity contribution in [3.8, 4) is 0 Å². The fraction of sp³-hybridized carbons (Fsp3) is 0.467. The average Bonchev–Trinajstić information content (AvgIpc) is 3.05. The molecule has 0 amide bonds. The van der Waals surface area contributed by atoms with Gasteiger partial charge in [-0.25, -0.2) is 0 Å². The largest absolute Gasteiger partial charge is 0.367 e. The zero-order valence-electron chi connectivity index (χ0n) is 11.5. The molecule has 0 saturated carbocycles. The van der Waals surface area contributed by atoms with E-state index in [1.54, 1.807) is 11.3 Å². The Bertz CT molecular complexity index is 638. The highest BCUT2D eigenvalue weighted by Crippen LogP contribution is 2.43. The van der Waals surface area contributed by atoms with Crippen molar-refractivity contribution in [1.29, 1.82) is 0 Å². The number of anilines is 1. The molecule has 0 bridgehead atoms.